The molecule has 1 aliphatic rings. The molecule has 0 aliphatic carbocycles. The van der Waals surface area contributed by atoms with Gasteiger partial charge in [-0.05, 0) is 40.9 Å². The van der Waals surface area contributed by atoms with E-state index in [1.807, 2.05) is 0 Å². The predicted molar refractivity (Wildman–Crippen MR) is 149 cm³/mol. The smallest absolute Gasteiger partial charge is 0.331 e. The Morgan fingerprint density at radius 1 is 0.875 bits per heavy atom. The van der Waals surface area contributed by atoms with E-state index < -0.39 is 139 Å². The minimum Gasteiger partial charge on any atom is -0.497 e. The molecule has 208 valence electrons. The minimum atomic E-state index is -1.70. The molecule has 0 unspecified atom stereocenters. The highest BCUT2D eigenvalue weighted by molar-refractivity contribution is 5.88. The van der Waals surface area contributed by atoms with E-state index in [-0.39, 0.29) is 6.61 Å². The summed E-state index contributed by atoms with van der Waals surface area (Å²) in [5.74, 6) is -2.55. The average molecular weight is 559 g/mol. The van der Waals surface area contributed by atoms with Crippen molar-refractivity contribution < 1.29 is 57.2 Å². The van der Waals surface area contributed by atoms with Crippen LogP contribution < -0.4 is 4.74 Å². The fourth-order valence-electron chi connectivity index (χ4n) is 3.46. The van der Waals surface area contributed by atoms with Gasteiger partial charge in [-0.25, -0.2) is 9.59 Å². The first-order chi connectivity index (χ1) is 25.4. The van der Waals surface area contributed by atoms with E-state index in [4.69, 9.17) is 47.6 Å². The molecule has 1 fully saturated rings. The van der Waals surface area contributed by atoms with Crippen LogP contribution in [0.3, 0.4) is 0 Å². The molecule has 0 amide bonds. The molecule has 0 N–H and O–H groups in total. The molecule has 8 heteroatoms. The summed E-state index contributed by atoms with van der Waals surface area (Å²) in [7, 11) is 2.62. The number of hydrogen-bond acceptors (Lipinski definition) is 8. The molecule has 0 radical (unpaired) electrons. The van der Waals surface area contributed by atoms with Crippen molar-refractivity contribution in [1.29, 1.82) is 0 Å². The quantitative estimate of drug-likeness (QED) is 0.244. The Balaban J connectivity index is 1.73. The number of carbonyl (C=O) groups excluding carboxylic acids is 2. The molecule has 1 saturated heterocycles. The van der Waals surface area contributed by atoms with Gasteiger partial charge in [-0.3, -0.25) is 0 Å². The van der Waals surface area contributed by atoms with Gasteiger partial charge >= 0.3 is 11.9 Å². The van der Waals surface area contributed by atoms with E-state index >= 15 is 0 Å². The maximum Gasteiger partial charge on any atom is 0.331 e. The highest BCUT2D eigenvalue weighted by Gasteiger charge is 2.46. The summed E-state index contributed by atoms with van der Waals surface area (Å²) >= 11 is 0. The number of methoxy groups -OCH3 is 2. The molecule has 1 heterocycles. The predicted octanol–water partition coefficient (Wildman–Crippen LogP) is 4.83. The van der Waals surface area contributed by atoms with E-state index in [1.54, 1.807) is 24.3 Å². The average Bonchev–Trinajstić information content (AvgIpc) is 3.16. The zero-order chi connectivity index (χ0) is 40.3. The Kier molecular flexibility index (Phi) is 5.74. The van der Waals surface area contributed by atoms with Crippen molar-refractivity contribution in [2.75, 3.05) is 20.8 Å². The Labute approximate surface area is 253 Å². The largest absolute Gasteiger partial charge is 0.497 e. The van der Waals surface area contributed by atoms with Crippen LogP contribution in [0.5, 0.6) is 5.75 Å². The van der Waals surface area contributed by atoms with Gasteiger partial charge in [-0.1, -0.05) is 72.6 Å². The third-order valence-electron chi connectivity index (χ3n) is 5.30. The van der Waals surface area contributed by atoms with Crippen LogP contribution >= 0.6 is 0 Å². The van der Waals surface area contributed by atoms with Crippen LogP contribution in [0, 0.1) is 0 Å². The van der Waals surface area contributed by atoms with Crippen LogP contribution in [0.1, 0.15) is 35.9 Å². The fourth-order valence-corrected chi connectivity index (χ4v) is 3.46. The summed E-state index contributed by atoms with van der Waals surface area (Å²) in [5.41, 5.74) is -0.940. The molecule has 3 aromatic rings. The zero-order valence-electron chi connectivity index (χ0n) is 35.3. The topological polar surface area (TPSA) is 89.5 Å². The molecule has 0 aromatic heterocycles. The molecule has 0 saturated carbocycles. The third kappa shape index (κ3) is 8.38. The van der Waals surface area contributed by atoms with Gasteiger partial charge < -0.3 is 28.4 Å². The first kappa shape index (κ1) is 15.5. The number of hydrogen-bond donors (Lipinski definition) is 0. The second-order valence-corrected chi connectivity index (χ2v) is 7.87. The van der Waals surface area contributed by atoms with Crippen molar-refractivity contribution in [3.8, 4) is 5.75 Å². The van der Waals surface area contributed by atoms with E-state index in [1.165, 1.54) is 7.11 Å². The van der Waals surface area contributed by atoms with E-state index in [2.05, 4.69) is 0 Å². The Morgan fingerprint density at radius 2 is 1.45 bits per heavy atom. The lowest BCUT2D eigenvalue weighted by molar-refractivity contribution is -0.279. The van der Waals surface area contributed by atoms with Crippen molar-refractivity contribution in [2.45, 2.75) is 31.2 Å². The highest BCUT2D eigenvalue weighted by atomic mass is 16.7. The van der Waals surface area contributed by atoms with Gasteiger partial charge in [0.25, 0.3) is 0 Å². The molecule has 0 spiro atoms. The zero-order valence-corrected chi connectivity index (χ0v) is 21.3. The molecule has 4 atom stereocenters. The van der Waals surface area contributed by atoms with E-state index in [9.17, 15) is 9.59 Å². The molecule has 3 aromatic carbocycles. The van der Waals surface area contributed by atoms with Gasteiger partial charge in [-0.15, -0.1) is 0 Å². The van der Waals surface area contributed by atoms with Crippen LogP contribution in [-0.4, -0.2) is 57.4 Å². The number of ether oxygens (including phenoxy) is 6. The van der Waals surface area contributed by atoms with Crippen LogP contribution in [0.4, 0.5) is 0 Å². The maximum atomic E-state index is 13.4. The summed E-state index contributed by atoms with van der Waals surface area (Å²) in [6, 6.07) is -6.16. The Bertz CT molecular complexity index is 1960. The van der Waals surface area contributed by atoms with Gasteiger partial charge in [0.1, 0.15) is 11.9 Å². The molecular weight excluding hydrogens is 512 g/mol. The van der Waals surface area contributed by atoms with Gasteiger partial charge in [-0.2, -0.15) is 0 Å². The van der Waals surface area contributed by atoms with Gasteiger partial charge in [0.05, 0.1) is 39.5 Å². The van der Waals surface area contributed by atoms with Crippen molar-refractivity contribution in [3.63, 3.8) is 0 Å². The summed E-state index contributed by atoms with van der Waals surface area (Å²) in [6.07, 6.45) is -6.24. The van der Waals surface area contributed by atoms with E-state index in [0.717, 1.165) is 7.11 Å². The van der Waals surface area contributed by atoms with Crippen LogP contribution in [0.15, 0.2) is 96.8 Å². The fraction of sp³-hybridized carbons (Fsp3) is 0.250. The Hall–Kier alpha value is -4.24. The molecule has 40 heavy (non-hydrogen) atoms. The summed E-state index contributed by atoms with van der Waals surface area (Å²) in [5, 5.41) is 0. The van der Waals surface area contributed by atoms with Gasteiger partial charge in [0.2, 0.25) is 0 Å². The highest BCUT2D eigenvalue weighted by Crippen LogP contribution is 2.26. The lowest BCUT2D eigenvalue weighted by Crippen LogP contribution is -2.57. The molecule has 0 bridgehead atoms. The third-order valence-corrected chi connectivity index (χ3v) is 5.30. The molecular formula is C32H32O8. The first-order valence-corrected chi connectivity index (χ1v) is 11.7. The van der Waals surface area contributed by atoms with Crippen molar-refractivity contribution in [3.05, 3.63) is 113 Å². The van der Waals surface area contributed by atoms with Crippen molar-refractivity contribution in [2.24, 2.45) is 0 Å². The number of esters is 2. The summed E-state index contributed by atoms with van der Waals surface area (Å²) in [6.45, 7) is -0.755. The minimum absolute atomic E-state index is 0.238. The molecule has 8 nitrogen and oxygen atoms in total. The van der Waals surface area contributed by atoms with Crippen LogP contribution in [0.2, 0.25) is 0 Å². The molecule has 1 aliphatic heterocycles. The summed E-state index contributed by atoms with van der Waals surface area (Å²) in [4.78, 5) is 26.7. The molecule has 4 rings (SSSR count). The lowest BCUT2D eigenvalue weighted by atomic mass is 10.0. The second-order valence-electron chi connectivity index (χ2n) is 7.87. The van der Waals surface area contributed by atoms with Crippen LogP contribution in [0.25, 0.3) is 12.1 Å². The van der Waals surface area contributed by atoms with Gasteiger partial charge in [0.15, 0.2) is 18.5 Å². The van der Waals surface area contributed by atoms with Crippen molar-refractivity contribution in [1.82, 2.24) is 0 Å². The van der Waals surface area contributed by atoms with E-state index in [0.29, 0.717) is 11.3 Å². The first-order valence-electron chi connectivity index (χ1n) is 18.7. The number of carbonyl (C=O) groups is 2. The standard InChI is InChI=1S/C32H32O8/c1-35-26-17-13-25(14-18-26)21-37-30-27(39-28(33)19-15-23-9-5-3-6-10-23)22-38-32(36-2)31(30)40-29(34)20-16-24-11-7-4-8-12-24/h3-20,27,30-32H,21-22H2,1-2H3/b19-15+,20-16+/t27-,30+,31-,32-/m1/s1/i3D,4D,5D,6D,7D,8D,9D,10D,11D,12D,15D,16D,19D,20D. The number of rotatable bonds is 11. The van der Waals surface area contributed by atoms with Gasteiger partial charge in [0, 0.05) is 19.2 Å². The lowest BCUT2D eigenvalue weighted by Gasteiger charge is -2.40. The number of benzene rings is 3. The maximum absolute atomic E-state index is 13.4. The monoisotopic (exact) mass is 558 g/mol. The Morgan fingerprint density at radius 3 is 2.00 bits per heavy atom. The normalized spacial score (nSPS) is 26.8. The second kappa shape index (κ2) is 14.8. The SMILES string of the molecule is [2H]/C(C(=O)O[C@H]1[C@H](OC)OC[C@@H](OC(=O)/C([2H])=C(\[2H])c2c([2H])c([2H])c([2H])c([2H])c2[2H])[C@@H]1OCc1ccc(OC)cc1)=C(/[2H])c1c([2H])c([2H])c([2H])c([2H])c1[2H]. The van der Waals surface area contributed by atoms with Crippen LogP contribution in [-0.2, 0) is 39.9 Å². The van der Waals surface area contributed by atoms with Crippen molar-refractivity contribution >= 4 is 24.0 Å². The summed E-state index contributed by atoms with van der Waals surface area (Å²) < 4.78 is 146.